The lowest BCUT2D eigenvalue weighted by atomic mass is 9.99. The molecule has 0 atom stereocenters. The predicted molar refractivity (Wildman–Crippen MR) is 103 cm³/mol. The molecule has 1 fully saturated rings. The lowest BCUT2D eigenvalue weighted by Crippen LogP contribution is -2.28. The van der Waals surface area contributed by atoms with Crippen molar-refractivity contribution in [1.29, 1.82) is 0 Å². The number of carbonyl (C=O) groups is 1. The van der Waals surface area contributed by atoms with Crippen LogP contribution in [0.5, 0.6) is 0 Å². The van der Waals surface area contributed by atoms with Gasteiger partial charge in [-0.25, -0.2) is 0 Å². The zero-order valence-corrected chi connectivity index (χ0v) is 15.6. The van der Waals surface area contributed by atoms with Crippen LogP contribution in [0.15, 0.2) is 58.3 Å². The van der Waals surface area contributed by atoms with Crippen LogP contribution < -0.4 is 5.32 Å². The van der Waals surface area contributed by atoms with Crippen LogP contribution in [-0.2, 0) is 9.53 Å². The van der Waals surface area contributed by atoms with Crippen molar-refractivity contribution < 1.29 is 9.53 Å². The summed E-state index contributed by atoms with van der Waals surface area (Å²) in [4.78, 5) is 14.7. The van der Waals surface area contributed by atoms with E-state index in [-0.39, 0.29) is 11.8 Å². The highest BCUT2D eigenvalue weighted by atomic mass is 32.2. The van der Waals surface area contributed by atoms with E-state index in [1.54, 1.807) is 11.8 Å². The third kappa shape index (κ3) is 5.10. The van der Waals surface area contributed by atoms with Gasteiger partial charge in [-0.1, -0.05) is 37.7 Å². The Kier molecular flexibility index (Phi) is 6.16. The molecule has 3 nitrogen and oxygen atoms in total. The molecule has 0 aliphatic carbocycles. The molecule has 0 unspecified atom stereocenters. The van der Waals surface area contributed by atoms with Crippen molar-refractivity contribution in [3.8, 4) is 0 Å². The van der Waals surface area contributed by atoms with Crippen LogP contribution in [0.3, 0.4) is 0 Å². The Labute approximate surface area is 154 Å². The first-order valence-electron chi connectivity index (χ1n) is 8.88. The summed E-state index contributed by atoms with van der Waals surface area (Å²) in [5.74, 6) is 0.730. The SMILES string of the molecule is CC(C)c1ccc(Sc2ccc(NC(=O)C3CCOCC3)cc2)cc1. The molecule has 2 aromatic rings. The van der Waals surface area contributed by atoms with E-state index in [0.29, 0.717) is 19.1 Å². The first-order chi connectivity index (χ1) is 12.1. The van der Waals surface area contributed by atoms with Crippen LogP contribution in [0.4, 0.5) is 5.69 Å². The van der Waals surface area contributed by atoms with Crippen LogP contribution >= 0.6 is 11.8 Å². The lowest BCUT2D eigenvalue weighted by Gasteiger charge is -2.21. The molecule has 1 amide bonds. The Bertz CT molecular complexity index is 689. The van der Waals surface area contributed by atoms with E-state index in [9.17, 15) is 4.79 Å². The summed E-state index contributed by atoms with van der Waals surface area (Å²) >= 11 is 1.73. The van der Waals surface area contributed by atoms with Crippen molar-refractivity contribution in [2.24, 2.45) is 5.92 Å². The largest absolute Gasteiger partial charge is 0.381 e. The van der Waals surface area contributed by atoms with Crippen LogP contribution in [0, 0.1) is 5.92 Å². The molecule has 0 saturated carbocycles. The highest BCUT2D eigenvalue weighted by molar-refractivity contribution is 7.99. The maximum Gasteiger partial charge on any atom is 0.227 e. The maximum atomic E-state index is 12.3. The fourth-order valence-corrected chi connectivity index (χ4v) is 3.68. The topological polar surface area (TPSA) is 38.3 Å². The molecule has 1 aliphatic rings. The van der Waals surface area contributed by atoms with Crippen LogP contribution in [-0.4, -0.2) is 19.1 Å². The van der Waals surface area contributed by atoms with E-state index in [1.807, 2.05) is 12.1 Å². The normalized spacial score (nSPS) is 15.3. The molecule has 0 radical (unpaired) electrons. The molecule has 1 heterocycles. The van der Waals surface area contributed by atoms with Gasteiger partial charge in [-0.15, -0.1) is 0 Å². The summed E-state index contributed by atoms with van der Waals surface area (Å²) in [5, 5.41) is 3.02. The van der Waals surface area contributed by atoms with E-state index >= 15 is 0 Å². The Balaban J connectivity index is 1.57. The summed E-state index contributed by atoms with van der Waals surface area (Å²) < 4.78 is 5.31. The predicted octanol–water partition coefficient (Wildman–Crippen LogP) is 5.33. The lowest BCUT2D eigenvalue weighted by molar-refractivity contribution is -0.122. The molecule has 1 aliphatic heterocycles. The Morgan fingerprint density at radius 1 is 1.00 bits per heavy atom. The molecule has 1 saturated heterocycles. The minimum atomic E-state index is 0.0715. The van der Waals surface area contributed by atoms with Crippen LogP contribution in [0.25, 0.3) is 0 Å². The number of ether oxygens (including phenoxy) is 1. The average Bonchev–Trinajstić information content (AvgIpc) is 2.64. The molecular weight excluding hydrogens is 330 g/mol. The van der Waals surface area contributed by atoms with Gasteiger partial charge in [0.25, 0.3) is 0 Å². The smallest absolute Gasteiger partial charge is 0.227 e. The number of rotatable bonds is 5. The third-order valence-electron chi connectivity index (χ3n) is 4.50. The van der Waals surface area contributed by atoms with Crippen molar-refractivity contribution in [3.05, 3.63) is 54.1 Å². The zero-order valence-electron chi connectivity index (χ0n) is 14.8. The second-order valence-electron chi connectivity index (χ2n) is 6.73. The summed E-state index contributed by atoms with van der Waals surface area (Å²) in [6.45, 7) is 5.78. The van der Waals surface area contributed by atoms with E-state index in [1.165, 1.54) is 15.4 Å². The Morgan fingerprint density at radius 3 is 2.12 bits per heavy atom. The number of hydrogen-bond donors (Lipinski definition) is 1. The molecule has 2 aromatic carbocycles. The van der Waals surface area contributed by atoms with E-state index in [4.69, 9.17) is 4.74 Å². The Hall–Kier alpha value is -1.78. The first kappa shape index (κ1) is 18.0. The minimum Gasteiger partial charge on any atom is -0.381 e. The number of anilines is 1. The maximum absolute atomic E-state index is 12.3. The number of nitrogens with one attached hydrogen (secondary N) is 1. The van der Waals surface area contributed by atoms with Gasteiger partial charge in [0, 0.05) is 34.6 Å². The quantitative estimate of drug-likeness (QED) is 0.788. The number of hydrogen-bond acceptors (Lipinski definition) is 3. The Morgan fingerprint density at radius 2 is 1.56 bits per heavy atom. The molecule has 132 valence electrons. The molecule has 3 rings (SSSR count). The van der Waals surface area contributed by atoms with Crippen molar-refractivity contribution in [3.63, 3.8) is 0 Å². The second-order valence-corrected chi connectivity index (χ2v) is 7.87. The average molecular weight is 356 g/mol. The van der Waals surface area contributed by atoms with Gasteiger partial charge < -0.3 is 10.1 Å². The van der Waals surface area contributed by atoms with Crippen molar-refractivity contribution in [2.75, 3.05) is 18.5 Å². The van der Waals surface area contributed by atoms with E-state index < -0.39 is 0 Å². The minimum absolute atomic E-state index is 0.0715. The summed E-state index contributed by atoms with van der Waals surface area (Å²) in [6.07, 6.45) is 1.62. The van der Waals surface area contributed by atoms with Gasteiger partial charge in [0.05, 0.1) is 0 Å². The molecule has 1 N–H and O–H groups in total. The number of benzene rings is 2. The van der Waals surface area contributed by atoms with E-state index in [0.717, 1.165) is 18.5 Å². The highest BCUT2D eigenvalue weighted by Crippen LogP contribution is 2.30. The van der Waals surface area contributed by atoms with Crippen molar-refractivity contribution >= 4 is 23.4 Å². The van der Waals surface area contributed by atoms with Crippen LogP contribution in [0.1, 0.15) is 38.2 Å². The van der Waals surface area contributed by atoms with Gasteiger partial charge >= 0.3 is 0 Å². The fraction of sp³-hybridized carbons (Fsp3) is 0.381. The molecule has 0 bridgehead atoms. The van der Waals surface area contributed by atoms with Gasteiger partial charge in [-0.05, 0) is 60.7 Å². The van der Waals surface area contributed by atoms with Gasteiger partial charge in [0.15, 0.2) is 0 Å². The molecule has 0 spiro atoms. The molecule has 25 heavy (non-hydrogen) atoms. The summed E-state index contributed by atoms with van der Waals surface area (Å²) in [6, 6.07) is 16.8. The van der Waals surface area contributed by atoms with Crippen molar-refractivity contribution in [1.82, 2.24) is 0 Å². The van der Waals surface area contributed by atoms with Gasteiger partial charge in [0.1, 0.15) is 0 Å². The van der Waals surface area contributed by atoms with E-state index in [2.05, 4.69) is 55.6 Å². The standard InChI is InChI=1S/C21H25NO2S/c1-15(2)16-3-7-19(8-4-16)25-20-9-5-18(6-10-20)22-21(23)17-11-13-24-14-12-17/h3-10,15,17H,11-14H2,1-2H3,(H,22,23). The zero-order chi connectivity index (χ0) is 17.6. The third-order valence-corrected chi connectivity index (χ3v) is 5.51. The van der Waals surface area contributed by atoms with Gasteiger partial charge in [0.2, 0.25) is 5.91 Å². The number of carbonyl (C=O) groups excluding carboxylic acids is 1. The highest BCUT2D eigenvalue weighted by Gasteiger charge is 2.21. The van der Waals surface area contributed by atoms with Crippen LogP contribution in [0.2, 0.25) is 0 Å². The monoisotopic (exact) mass is 355 g/mol. The molecule has 0 aromatic heterocycles. The second kappa shape index (κ2) is 8.54. The number of amides is 1. The first-order valence-corrected chi connectivity index (χ1v) is 9.70. The summed E-state index contributed by atoms with van der Waals surface area (Å²) in [5.41, 5.74) is 2.21. The van der Waals surface area contributed by atoms with Gasteiger partial charge in [-0.2, -0.15) is 0 Å². The summed E-state index contributed by atoms with van der Waals surface area (Å²) in [7, 11) is 0. The molecule has 4 heteroatoms. The molecular formula is C21H25NO2S. The fourth-order valence-electron chi connectivity index (χ4n) is 2.87. The van der Waals surface area contributed by atoms with Gasteiger partial charge in [-0.3, -0.25) is 4.79 Å². The van der Waals surface area contributed by atoms with Crippen molar-refractivity contribution in [2.45, 2.75) is 42.4 Å².